The number of nitrogens with zero attached hydrogens (tertiary/aromatic N) is 1. The fraction of sp³-hybridized carbons (Fsp3) is 0.167. The summed E-state index contributed by atoms with van der Waals surface area (Å²) in [4.78, 5) is 14.7. The van der Waals surface area contributed by atoms with Crippen LogP contribution in [0.15, 0.2) is 18.5 Å². The average Bonchev–Trinajstić information content (AvgIpc) is 2.36. The second-order valence-corrected chi connectivity index (χ2v) is 1.97. The van der Waals surface area contributed by atoms with Crippen molar-refractivity contribution in [1.29, 1.82) is 0 Å². The number of nitrogens with two attached hydrogens (primary N) is 1. The Balaban J connectivity index is 2.77. The van der Waals surface area contributed by atoms with Crippen molar-refractivity contribution < 1.29 is 4.79 Å². The molecule has 10 heavy (non-hydrogen) atoms. The SMILES string of the molecule is CN(C(N)=O)c1cc[nH]c1. The monoisotopic (exact) mass is 139 g/mol. The van der Waals surface area contributed by atoms with Crippen molar-refractivity contribution in [2.24, 2.45) is 5.73 Å². The van der Waals surface area contributed by atoms with Gasteiger partial charge in [-0.3, -0.25) is 4.90 Å². The summed E-state index contributed by atoms with van der Waals surface area (Å²) in [5.41, 5.74) is 5.77. The zero-order valence-electron chi connectivity index (χ0n) is 5.66. The molecule has 0 atom stereocenters. The minimum Gasteiger partial charge on any atom is -0.366 e. The normalized spacial score (nSPS) is 9.30. The molecule has 0 bridgehead atoms. The van der Waals surface area contributed by atoms with Crippen LogP contribution in [0.4, 0.5) is 10.5 Å². The third kappa shape index (κ3) is 1.10. The highest BCUT2D eigenvalue weighted by Gasteiger charge is 2.04. The summed E-state index contributed by atoms with van der Waals surface area (Å²) >= 11 is 0. The van der Waals surface area contributed by atoms with Crippen LogP contribution in [0.2, 0.25) is 0 Å². The predicted molar refractivity (Wildman–Crippen MR) is 38.8 cm³/mol. The number of hydrogen-bond donors (Lipinski definition) is 2. The van der Waals surface area contributed by atoms with Gasteiger partial charge in [0.25, 0.3) is 0 Å². The summed E-state index contributed by atoms with van der Waals surface area (Å²) in [5.74, 6) is 0. The molecule has 0 saturated heterocycles. The topological polar surface area (TPSA) is 62.1 Å². The summed E-state index contributed by atoms with van der Waals surface area (Å²) in [7, 11) is 1.62. The van der Waals surface area contributed by atoms with Crippen molar-refractivity contribution in [2.45, 2.75) is 0 Å². The molecule has 0 radical (unpaired) electrons. The fourth-order valence-electron chi connectivity index (χ4n) is 0.651. The van der Waals surface area contributed by atoms with Gasteiger partial charge in [-0.25, -0.2) is 4.79 Å². The molecule has 4 heteroatoms. The minimum atomic E-state index is -0.459. The number of aromatic nitrogens is 1. The van der Waals surface area contributed by atoms with Crippen LogP contribution in [-0.4, -0.2) is 18.1 Å². The van der Waals surface area contributed by atoms with Crippen LogP contribution in [0.1, 0.15) is 0 Å². The molecule has 54 valence electrons. The largest absolute Gasteiger partial charge is 0.366 e. The van der Waals surface area contributed by atoms with Crippen molar-refractivity contribution >= 4 is 11.7 Å². The summed E-state index contributed by atoms with van der Waals surface area (Å²) in [6, 6.07) is 1.31. The molecular weight excluding hydrogens is 130 g/mol. The molecule has 2 amide bonds. The first-order valence-electron chi connectivity index (χ1n) is 2.88. The Bertz CT molecular complexity index is 217. The number of carbonyl (C=O) groups is 1. The van der Waals surface area contributed by atoms with Crippen LogP contribution in [0.25, 0.3) is 0 Å². The van der Waals surface area contributed by atoms with Gasteiger partial charge in [0.2, 0.25) is 0 Å². The van der Waals surface area contributed by atoms with Gasteiger partial charge in [-0.1, -0.05) is 0 Å². The van der Waals surface area contributed by atoms with E-state index in [1.54, 1.807) is 25.5 Å². The van der Waals surface area contributed by atoms with Crippen molar-refractivity contribution in [1.82, 2.24) is 4.98 Å². The molecule has 1 aromatic heterocycles. The lowest BCUT2D eigenvalue weighted by atomic mass is 10.5. The molecule has 0 unspecified atom stereocenters. The first kappa shape index (κ1) is 6.67. The van der Waals surface area contributed by atoms with Gasteiger partial charge in [0.05, 0.1) is 5.69 Å². The first-order chi connectivity index (χ1) is 4.72. The highest BCUT2D eigenvalue weighted by Crippen LogP contribution is 2.08. The van der Waals surface area contributed by atoms with E-state index in [2.05, 4.69) is 4.98 Å². The number of nitrogens with one attached hydrogen (secondary N) is 1. The van der Waals surface area contributed by atoms with Crippen LogP contribution in [0, 0.1) is 0 Å². The number of urea groups is 1. The molecule has 0 fully saturated rings. The summed E-state index contributed by atoms with van der Waals surface area (Å²) in [6.07, 6.45) is 3.43. The van der Waals surface area contributed by atoms with Gasteiger partial charge in [0.1, 0.15) is 0 Å². The number of anilines is 1. The van der Waals surface area contributed by atoms with Crippen LogP contribution in [0.3, 0.4) is 0 Å². The number of primary amides is 1. The third-order valence-corrected chi connectivity index (χ3v) is 1.30. The minimum absolute atomic E-state index is 0.459. The number of hydrogen-bond acceptors (Lipinski definition) is 1. The lowest BCUT2D eigenvalue weighted by Crippen LogP contribution is -2.31. The molecule has 0 aromatic carbocycles. The van der Waals surface area contributed by atoms with Gasteiger partial charge >= 0.3 is 6.03 Å². The second kappa shape index (κ2) is 2.43. The average molecular weight is 139 g/mol. The summed E-state index contributed by atoms with van der Waals surface area (Å²) in [6.45, 7) is 0. The molecule has 0 aliphatic rings. The zero-order valence-corrected chi connectivity index (χ0v) is 5.66. The Morgan fingerprint density at radius 3 is 2.90 bits per heavy atom. The van der Waals surface area contributed by atoms with E-state index in [4.69, 9.17) is 5.73 Å². The van der Waals surface area contributed by atoms with E-state index in [-0.39, 0.29) is 0 Å². The molecule has 4 nitrogen and oxygen atoms in total. The van der Waals surface area contributed by atoms with E-state index >= 15 is 0 Å². The van der Waals surface area contributed by atoms with E-state index in [0.717, 1.165) is 5.69 Å². The zero-order chi connectivity index (χ0) is 7.56. The molecule has 3 N–H and O–H groups in total. The highest BCUT2D eigenvalue weighted by molar-refractivity contribution is 5.89. The van der Waals surface area contributed by atoms with Crippen LogP contribution in [-0.2, 0) is 0 Å². The maximum Gasteiger partial charge on any atom is 0.319 e. The second-order valence-electron chi connectivity index (χ2n) is 1.97. The Labute approximate surface area is 58.6 Å². The molecule has 0 saturated carbocycles. The Morgan fingerprint density at radius 2 is 2.50 bits per heavy atom. The van der Waals surface area contributed by atoms with Crippen LogP contribution in [0.5, 0.6) is 0 Å². The van der Waals surface area contributed by atoms with Gasteiger partial charge in [0.15, 0.2) is 0 Å². The lowest BCUT2D eigenvalue weighted by Gasteiger charge is -2.10. The van der Waals surface area contributed by atoms with Crippen LogP contribution < -0.4 is 10.6 Å². The number of amides is 2. The van der Waals surface area contributed by atoms with Gasteiger partial charge in [-0.15, -0.1) is 0 Å². The third-order valence-electron chi connectivity index (χ3n) is 1.30. The maximum absolute atomic E-state index is 10.5. The maximum atomic E-state index is 10.5. The fourth-order valence-corrected chi connectivity index (χ4v) is 0.651. The van der Waals surface area contributed by atoms with Crippen molar-refractivity contribution in [3.8, 4) is 0 Å². The number of carbonyl (C=O) groups excluding carboxylic acids is 1. The smallest absolute Gasteiger partial charge is 0.319 e. The van der Waals surface area contributed by atoms with E-state index in [9.17, 15) is 4.79 Å². The summed E-state index contributed by atoms with van der Waals surface area (Å²) in [5, 5.41) is 0. The molecule has 1 aromatic rings. The van der Waals surface area contributed by atoms with Gasteiger partial charge in [-0.2, -0.15) is 0 Å². The van der Waals surface area contributed by atoms with Crippen molar-refractivity contribution in [3.05, 3.63) is 18.5 Å². The number of aromatic amines is 1. The number of H-pyrrole nitrogens is 1. The van der Waals surface area contributed by atoms with Crippen LogP contribution >= 0.6 is 0 Å². The van der Waals surface area contributed by atoms with Gasteiger partial charge in [-0.05, 0) is 6.07 Å². The molecule has 0 spiro atoms. The molecule has 1 heterocycles. The van der Waals surface area contributed by atoms with E-state index < -0.39 is 6.03 Å². The highest BCUT2D eigenvalue weighted by atomic mass is 16.2. The summed E-state index contributed by atoms with van der Waals surface area (Å²) < 4.78 is 0. The molecule has 1 rings (SSSR count). The Morgan fingerprint density at radius 1 is 1.80 bits per heavy atom. The molecule has 0 aliphatic carbocycles. The predicted octanol–water partition coefficient (Wildman–Crippen LogP) is 0.530. The van der Waals surface area contributed by atoms with E-state index in [1.165, 1.54) is 4.90 Å². The Kier molecular flexibility index (Phi) is 1.62. The van der Waals surface area contributed by atoms with E-state index in [0.29, 0.717) is 0 Å². The molecule has 0 aliphatic heterocycles. The number of rotatable bonds is 1. The first-order valence-corrected chi connectivity index (χ1v) is 2.88. The lowest BCUT2D eigenvalue weighted by molar-refractivity contribution is 0.255. The standard InChI is InChI=1S/C6H9N3O/c1-9(6(7)10)5-2-3-8-4-5/h2-4,8H,1H3,(H2,7,10). The van der Waals surface area contributed by atoms with Gasteiger partial charge in [0, 0.05) is 19.4 Å². The van der Waals surface area contributed by atoms with Crippen molar-refractivity contribution in [3.63, 3.8) is 0 Å². The van der Waals surface area contributed by atoms with Gasteiger partial charge < -0.3 is 10.7 Å². The Hall–Kier alpha value is -1.45. The quantitative estimate of drug-likeness (QED) is 0.585. The van der Waals surface area contributed by atoms with E-state index in [1.807, 2.05) is 0 Å². The van der Waals surface area contributed by atoms with Crippen molar-refractivity contribution in [2.75, 3.05) is 11.9 Å². The molecular formula is C6H9N3O.